The molecule has 26 heavy (non-hydrogen) atoms. The number of hydrogen-bond acceptors (Lipinski definition) is 3. The maximum atomic E-state index is 12.3. The third-order valence-electron chi connectivity index (χ3n) is 3.89. The van der Waals surface area contributed by atoms with Gasteiger partial charge in [0.25, 0.3) is 11.8 Å². The van der Waals surface area contributed by atoms with Crippen molar-refractivity contribution in [2.24, 2.45) is 0 Å². The second kappa shape index (κ2) is 7.70. The lowest BCUT2D eigenvalue weighted by Crippen LogP contribution is -2.23. The van der Waals surface area contributed by atoms with Crippen LogP contribution in [-0.4, -0.2) is 11.8 Å². The summed E-state index contributed by atoms with van der Waals surface area (Å²) in [5.74, 6) is -0.146. The van der Waals surface area contributed by atoms with Crippen molar-refractivity contribution in [3.8, 4) is 0 Å². The van der Waals surface area contributed by atoms with E-state index in [1.54, 1.807) is 24.3 Å². The first-order valence-electron chi connectivity index (χ1n) is 8.31. The number of rotatable bonds is 5. The van der Waals surface area contributed by atoms with Gasteiger partial charge in [0, 0.05) is 17.8 Å². The third-order valence-corrected chi connectivity index (χ3v) is 3.89. The van der Waals surface area contributed by atoms with Crippen molar-refractivity contribution in [3.63, 3.8) is 0 Å². The molecule has 0 aliphatic carbocycles. The topological polar surface area (TPSA) is 71.3 Å². The number of benzene rings is 2. The summed E-state index contributed by atoms with van der Waals surface area (Å²) < 4.78 is 5.06. The summed E-state index contributed by atoms with van der Waals surface area (Å²) in [6, 6.07) is 16.3. The van der Waals surface area contributed by atoms with Crippen LogP contribution in [0.4, 0.5) is 5.69 Å². The lowest BCUT2D eigenvalue weighted by atomic mass is 10.1. The highest BCUT2D eigenvalue weighted by molar-refractivity contribution is 6.02. The Morgan fingerprint density at radius 1 is 0.923 bits per heavy atom. The van der Waals surface area contributed by atoms with E-state index in [1.807, 2.05) is 44.2 Å². The van der Waals surface area contributed by atoms with Crippen LogP contribution in [0.5, 0.6) is 0 Å². The molecule has 0 spiro atoms. The fourth-order valence-corrected chi connectivity index (χ4v) is 2.70. The Labute approximate surface area is 152 Å². The fourth-order valence-electron chi connectivity index (χ4n) is 2.70. The number of carbonyl (C=O) groups excluding carboxylic acids is 2. The maximum absolute atomic E-state index is 12.3. The Morgan fingerprint density at radius 2 is 1.62 bits per heavy atom. The highest BCUT2D eigenvalue weighted by Crippen LogP contribution is 2.13. The van der Waals surface area contributed by atoms with E-state index in [4.69, 9.17) is 4.42 Å². The number of aryl methyl sites for hydroxylation is 2. The largest absolute Gasteiger partial charge is 0.459 e. The first kappa shape index (κ1) is 17.5. The molecular weight excluding hydrogens is 328 g/mol. The number of nitrogens with one attached hydrogen (secondary N) is 2. The SMILES string of the molecule is Cc1cc(C)cc(C(=O)NCc2ccc(NC(=O)c3ccco3)cc2)c1. The van der Waals surface area contributed by atoms with Crippen LogP contribution in [0.3, 0.4) is 0 Å². The van der Waals surface area contributed by atoms with E-state index < -0.39 is 0 Å². The minimum Gasteiger partial charge on any atom is -0.459 e. The van der Waals surface area contributed by atoms with E-state index in [1.165, 1.54) is 6.26 Å². The molecule has 0 fully saturated rings. The molecule has 5 heteroatoms. The molecule has 0 saturated heterocycles. The summed E-state index contributed by atoms with van der Waals surface area (Å²) in [6.07, 6.45) is 1.45. The summed E-state index contributed by atoms with van der Waals surface area (Å²) in [7, 11) is 0. The minimum atomic E-state index is -0.300. The highest BCUT2D eigenvalue weighted by Gasteiger charge is 2.09. The van der Waals surface area contributed by atoms with E-state index in [9.17, 15) is 9.59 Å². The molecule has 1 heterocycles. The molecule has 2 aromatic carbocycles. The Kier molecular flexibility index (Phi) is 5.17. The summed E-state index contributed by atoms with van der Waals surface area (Å²) in [6.45, 7) is 4.36. The van der Waals surface area contributed by atoms with Crippen LogP contribution in [0, 0.1) is 13.8 Å². The van der Waals surface area contributed by atoms with Gasteiger partial charge in [-0.1, -0.05) is 29.3 Å². The first-order valence-corrected chi connectivity index (χ1v) is 8.31. The number of carbonyl (C=O) groups is 2. The summed E-state index contributed by atoms with van der Waals surface area (Å²) in [4.78, 5) is 24.2. The molecule has 2 amide bonds. The molecule has 0 radical (unpaired) electrons. The molecular formula is C21H20N2O3. The summed E-state index contributed by atoms with van der Waals surface area (Å²) in [5.41, 5.74) is 4.39. The van der Waals surface area contributed by atoms with Crippen molar-refractivity contribution in [2.75, 3.05) is 5.32 Å². The Hall–Kier alpha value is -3.34. The Morgan fingerprint density at radius 3 is 2.23 bits per heavy atom. The summed E-state index contributed by atoms with van der Waals surface area (Å²) in [5, 5.41) is 5.67. The molecule has 132 valence electrons. The van der Waals surface area contributed by atoms with E-state index in [2.05, 4.69) is 10.6 Å². The van der Waals surface area contributed by atoms with Crippen LogP contribution in [-0.2, 0) is 6.54 Å². The molecule has 0 bridgehead atoms. The zero-order chi connectivity index (χ0) is 18.5. The van der Waals surface area contributed by atoms with Crippen LogP contribution < -0.4 is 10.6 Å². The van der Waals surface area contributed by atoms with Gasteiger partial charge in [0.05, 0.1) is 6.26 Å². The average Bonchev–Trinajstić information content (AvgIpc) is 3.15. The lowest BCUT2D eigenvalue weighted by molar-refractivity contribution is 0.0949. The van der Waals surface area contributed by atoms with Gasteiger partial charge >= 0.3 is 0 Å². The van der Waals surface area contributed by atoms with Crippen molar-refractivity contribution < 1.29 is 14.0 Å². The first-order chi connectivity index (χ1) is 12.5. The summed E-state index contributed by atoms with van der Waals surface area (Å²) >= 11 is 0. The average molecular weight is 348 g/mol. The van der Waals surface area contributed by atoms with Gasteiger partial charge in [0.1, 0.15) is 0 Å². The van der Waals surface area contributed by atoms with Gasteiger partial charge in [0.15, 0.2) is 5.76 Å². The Balaban J connectivity index is 1.57. The normalized spacial score (nSPS) is 10.4. The van der Waals surface area contributed by atoms with Gasteiger partial charge in [-0.15, -0.1) is 0 Å². The maximum Gasteiger partial charge on any atom is 0.291 e. The molecule has 0 saturated carbocycles. The van der Waals surface area contributed by atoms with Gasteiger partial charge in [0.2, 0.25) is 0 Å². The number of anilines is 1. The van der Waals surface area contributed by atoms with E-state index >= 15 is 0 Å². The zero-order valence-corrected chi connectivity index (χ0v) is 14.7. The molecule has 3 aromatic rings. The molecule has 5 nitrogen and oxygen atoms in total. The second-order valence-electron chi connectivity index (χ2n) is 6.19. The smallest absolute Gasteiger partial charge is 0.291 e. The Bertz CT molecular complexity index is 893. The fraction of sp³-hybridized carbons (Fsp3) is 0.143. The lowest BCUT2D eigenvalue weighted by Gasteiger charge is -2.08. The molecule has 1 aromatic heterocycles. The van der Waals surface area contributed by atoms with Crippen LogP contribution >= 0.6 is 0 Å². The van der Waals surface area contributed by atoms with E-state index in [-0.39, 0.29) is 17.6 Å². The number of furan rings is 1. The van der Waals surface area contributed by atoms with Gasteiger partial charge in [-0.3, -0.25) is 9.59 Å². The molecule has 0 aliphatic heterocycles. The van der Waals surface area contributed by atoms with Crippen molar-refractivity contribution in [2.45, 2.75) is 20.4 Å². The quantitative estimate of drug-likeness (QED) is 0.730. The van der Waals surface area contributed by atoms with Gasteiger partial charge < -0.3 is 15.1 Å². The molecule has 3 rings (SSSR count). The van der Waals surface area contributed by atoms with Crippen molar-refractivity contribution in [3.05, 3.63) is 88.9 Å². The molecule has 0 unspecified atom stereocenters. The van der Waals surface area contributed by atoms with Crippen LogP contribution in [0.25, 0.3) is 0 Å². The van der Waals surface area contributed by atoms with Crippen molar-refractivity contribution in [1.82, 2.24) is 5.32 Å². The predicted octanol–water partition coefficient (Wildman–Crippen LogP) is 4.08. The number of amides is 2. The van der Waals surface area contributed by atoms with Gasteiger partial charge in [-0.25, -0.2) is 0 Å². The molecule has 0 aliphatic rings. The zero-order valence-electron chi connectivity index (χ0n) is 14.7. The minimum absolute atomic E-state index is 0.105. The molecule has 2 N–H and O–H groups in total. The van der Waals surface area contributed by atoms with Crippen LogP contribution in [0.1, 0.15) is 37.6 Å². The third kappa shape index (κ3) is 4.39. The molecule has 0 atom stereocenters. The van der Waals surface area contributed by atoms with Gasteiger partial charge in [-0.05, 0) is 55.8 Å². The predicted molar refractivity (Wildman–Crippen MR) is 100 cm³/mol. The van der Waals surface area contributed by atoms with Crippen LogP contribution in [0.2, 0.25) is 0 Å². The monoisotopic (exact) mass is 348 g/mol. The van der Waals surface area contributed by atoms with Crippen molar-refractivity contribution >= 4 is 17.5 Å². The van der Waals surface area contributed by atoms with Crippen molar-refractivity contribution in [1.29, 1.82) is 0 Å². The van der Waals surface area contributed by atoms with E-state index in [0.29, 0.717) is 17.8 Å². The number of hydrogen-bond donors (Lipinski definition) is 2. The highest BCUT2D eigenvalue weighted by atomic mass is 16.3. The van der Waals surface area contributed by atoms with Gasteiger partial charge in [-0.2, -0.15) is 0 Å². The second-order valence-corrected chi connectivity index (χ2v) is 6.19. The van der Waals surface area contributed by atoms with Crippen LogP contribution in [0.15, 0.2) is 65.3 Å². The van der Waals surface area contributed by atoms with E-state index in [0.717, 1.165) is 16.7 Å². The standard InChI is InChI=1S/C21H20N2O3/c1-14-10-15(2)12-17(11-14)20(24)22-13-16-5-7-18(8-6-16)23-21(25)19-4-3-9-26-19/h3-12H,13H2,1-2H3,(H,22,24)(H,23,25).